The lowest BCUT2D eigenvalue weighted by Gasteiger charge is -2.14. The van der Waals surface area contributed by atoms with Gasteiger partial charge in [0, 0.05) is 17.8 Å². The SMILES string of the molecule is Nc1ccc(-c2ccc(C=C(c3ccccc3)c3ccc(-c4ccc(C(F)(F)F)cc4)cc3)cc2-c2ccc([N+](=O)[O-])cc2)cc1. The number of nitrogen functional groups attached to an aromatic ring is 1. The van der Waals surface area contributed by atoms with Crippen LogP contribution in [0.25, 0.3) is 45.0 Å². The van der Waals surface area contributed by atoms with Crippen LogP contribution in [0.15, 0.2) is 146 Å². The van der Waals surface area contributed by atoms with Gasteiger partial charge in [0.15, 0.2) is 0 Å². The Balaban J connectivity index is 1.43. The smallest absolute Gasteiger partial charge is 0.399 e. The molecule has 6 aromatic rings. The van der Waals surface area contributed by atoms with Gasteiger partial charge in [0.1, 0.15) is 0 Å². The van der Waals surface area contributed by atoms with E-state index in [1.165, 1.54) is 24.3 Å². The third-order valence-electron chi connectivity index (χ3n) is 7.79. The van der Waals surface area contributed by atoms with Gasteiger partial charge in [0.2, 0.25) is 0 Å². The molecule has 0 heterocycles. The van der Waals surface area contributed by atoms with Crippen LogP contribution in [-0.2, 0) is 6.18 Å². The van der Waals surface area contributed by atoms with Crippen molar-refractivity contribution in [2.45, 2.75) is 6.18 Å². The van der Waals surface area contributed by atoms with Gasteiger partial charge in [-0.2, -0.15) is 13.2 Å². The largest absolute Gasteiger partial charge is 0.416 e. The summed E-state index contributed by atoms with van der Waals surface area (Å²) in [6.07, 6.45) is -2.30. The van der Waals surface area contributed by atoms with Gasteiger partial charge in [-0.05, 0) is 104 Å². The summed E-state index contributed by atoms with van der Waals surface area (Å²) in [4.78, 5) is 10.9. The Morgan fingerprint density at radius 3 is 1.72 bits per heavy atom. The van der Waals surface area contributed by atoms with Crippen molar-refractivity contribution in [3.63, 3.8) is 0 Å². The molecule has 0 bridgehead atoms. The van der Waals surface area contributed by atoms with E-state index >= 15 is 0 Å². The van der Waals surface area contributed by atoms with Crippen LogP contribution in [0, 0.1) is 10.1 Å². The second-order valence-corrected chi connectivity index (χ2v) is 10.8. The fourth-order valence-corrected chi connectivity index (χ4v) is 5.38. The zero-order valence-electron chi connectivity index (χ0n) is 24.4. The minimum Gasteiger partial charge on any atom is -0.399 e. The number of nitro benzene ring substituents is 1. The van der Waals surface area contributed by atoms with E-state index in [1.54, 1.807) is 12.1 Å². The Morgan fingerprint density at radius 2 is 1.13 bits per heavy atom. The summed E-state index contributed by atoms with van der Waals surface area (Å²) in [5.41, 5.74) is 14.8. The van der Waals surface area contributed by atoms with Gasteiger partial charge in [-0.1, -0.05) is 91.0 Å². The molecule has 0 radical (unpaired) electrons. The van der Waals surface area contributed by atoms with Crippen molar-refractivity contribution in [2.75, 3.05) is 5.73 Å². The third-order valence-corrected chi connectivity index (χ3v) is 7.79. The standard InChI is InChI=1S/C39H27F3N2O2/c40-39(41,42)33-17-11-28(12-18-33)27-7-9-31(10-8-27)37(29-4-2-1-3-5-29)24-26-6-23-36(30-13-19-34(43)20-14-30)38(25-26)32-15-21-35(22-16-32)44(45)46/h1-25H,43H2. The molecular formula is C39H27F3N2O2. The average molecular weight is 613 g/mol. The molecular weight excluding hydrogens is 585 g/mol. The van der Waals surface area contributed by atoms with Crippen LogP contribution in [-0.4, -0.2) is 4.92 Å². The Hall–Kier alpha value is -5.95. The van der Waals surface area contributed by atoms with E-state index in [0.29, 0.717) is 11.3 Å². The fourth-order valence-electron chi connectivity index (χ4n) is 5.38. The number of rotatable bonds is 7. The summed E-state index contributed by atoms with van der Waals surface area (Å²) in [6.45, 7) is 0. The third kappa shape index (κ3) is 6.59. The number of halogens is 3. The molecule has 0 aliphatic rings. The summed E-state index contributed by atoms with van der Waals surface area (Å²) in [7, 11) is 0. The maximum absolute atomic E-state index is 13.1. The van der Waals surface area contributed by atoms with E-state index in [9.17, 15) is 23.3 Å². The van der Waals surface area contributed by atoms with E-state index in [2.05, 4.69) is 12.1 Å². The first-order chi connectivity index (χ1) is 22.2. The second kappa shape index (κ2) is 12.6. The zero-order valence-corrected chi connectivity index (χ0v) is 24.4. The van der Waals surface area contributed by atoms with Crippen LogP contribution < -0.4 is 5.73 Å². The zero-order chi connectivity index (χ0) is 32.3. The van der Waals surface area contributed by atoms with Gasteiger partial charge in [0.25, 0.3) is 5.69 Å². The van der Waals surface area contributed by atoms with Gasteiger partial charge in [-0.25, -0.2) is 0 Å². The van der Waals surface area contributed by atoms with E-state index in [4.69, 9.17) is 5.73 Å². The highest BCUT2D eigenvalue weighted by molar-refractivity contribution is 5.94. The highest BCUT2D eigenvalue weighted by Crippen LogP contribution is 2.37. The molecule has 0 amide bonds. The van der Waals surface area contributed by atoms with Crippen LogP contribution in [0.5, 0.6) is 0 Å². The number of anilines is 1. The fraction of sp³-hybridized carbons (Fsp3) is 0.0256. The molecule has 0 aliphatic carbocycles. The summed E-state index contributed by atoms with van der Waals surface area (Å²) in [5, 5.41) is 11.3. The molecule has 7 heteroatoms. The highest BCUT2D eigenvalue weighted by atomic mass is 19.4. The summed E-state index contributed by atoms with van der Waals surface area (Å²) in [5.74, 6) is 0. The minimum atomic E-state index is -4.39. The summed E-state index contributed by atoms with van der Waals surface area (Å²) in [6, 6.07) is 43.0. The maximum Gasteiger partial charge on any atom is 0.416 e. The number of hydrogen-bond acceptors (Lipinski definition) is 3. The lowest BCUT2D eigenvalue weighted by molar-refractivity contribution is -0.384. The monoisotopic (exact) mass is 612 g/mol. The predicted molar refractivity (Wildman–Crippen MR) is 179 cm³/mol. The normalized spacial score (nSPS) is 11.8. The van der Waals surface area contributed by atoms with Crippen molar-refractivity contribution < 1.29 is 18.1 Å². The van der Waals surface area contributed by atoms with Crippen LogP contribution in [0.4, 0.5) is 24.5 Å². The molecule has 0 saturated heterocycles. The average Bonchev–Trinajstić information content (AvgIpc) is 3.08. The van der Waals surface area contributed by atoms with Crippen molar-refractivity contribution in [2.24, 2.45) is 0 Å². The lowest BCUT2D eigenvalue weighted by atomic mass is 9.90. The number of nitrogens with zero attached hydrogens (tertiary/aromatic N) is 1. The van der Waals surface area contributed by atoms with Crippen LogP contribution in [0.3, 0.4) is 0 Å². The molecule has 0 aliphatic heterocycles. The number of nitro groups is 1. The molecule has 0 unspecified atom stereocenters. The molecule has 6 aromatic carbocycles. The number of nitrogens with two attached hydrogens (primary N) is 1. The molecule has 46 heavy (non-hydrogen) atoms. The van der Waals surface area contributed by atoms with E-state index in [-0.39, 0.29) is 5.69 Å². The Morgan fingerprint density at radius 1 is 0.609 bits per heavy atom. The molecule has 0 fully saturated rings. The first-order valence-corrected chi connectivity index (χ1v) is 14.5. The number of benzene rings is 6. The maximum atomic E-state index is 13.1. The van der Waals surface area contributed by atoms with Crippen molar-refractivity contribution in [1.29, 1.82) is 0 Å². The van der Waals surface area contributed by atoms with Gasteiger partial charge in [-0.15, -0.1) is 0 Å². The van der Waals surface area contributed by atoms with Crippen LogP contribution >= 0.6 is 0 Å². The molecule has 0 spiro atoms. The molecule has 0 saturated carbocycles. The molecule has 2 N–H and O–H groups in total. The summed E-state index contributed by atoms with van der Waals surface area (Å²) >= 11 is 0. The molecule has 226 valence electrons. The first-order valence-electron chi connectivity index (χ1n) is 14.5. The van der Waals surface area contributed by atoms with E-state index < -0.39 is 16.7 Å². The van der Waals surface area contributed by atoms with Crippen LogP contribution in [0.2, 0.25) is 0 Å². The number of alkyl halides is 3. The first kappa shape index (κ1) is 30.1. The van der Waals surface area contributed by atoms with Crippen molar-refractivity contribution in [3.05, 3.63) is 178 Å². The van der Waals surface area contributed by atoms with E-state index in [0.717, 1.165) is 62.2 Å². The predicted octanol–water partition coefficient (Wildman–Crippen LogP) is 10.8. The number of hydrogen-bond donors (Lipinski definition) is 1. The molecule has 0 aromatic heterocycles. The second-order valence-electron chi connectivity index (χ2n) is 10.8. The van der Waals surface area contributed by atoms with Gasteiger partial charge < -0.3 is 5.73 Å². The van der Waals surface area contributed by atoms with Gasteiger partial charge in [-0.3, -0.25) is 10.1 Å². The van der Waals surface area contributed by atoms with Crippen molar-refractivity contribution in [1.82, 2.24) is 0 Å². The van der Waals surface area contributed by atoms with Crippen molar-refractivity contribution in [3.8, 4) is 33.4 Å². The quantitative estimate of drug-likeness (QED) is 0.0844. The Labute approximate surface area is 264 Å². The van der Waals surface area contributed by atoms with E-state index in [1.807, 2.05) is 91.0 Å². The van der Waals surface area contributed by atoms with Crippen molar-refractivity contribution >= 4 is 23.0 Å². The number of non-ortho nitro benzene ring substituents is 1. The molecule has 4 nitrogen and oxygen atoms in total. The van der Waals surface area contributed by atoms with Gasteiger partial charge in [0.05, 0.1) is 10.5 Å². The van der Waals surface area contributed by atoms with Crippen LogP contribution in [0.1, 0.15) is 22.3 Å². The lowest BCUT2D eigenvalue weighted by Crippen LogP contribution is -2.03. The Kier molecular flexibility index (Phi) is 8.23. The highest BCUT2D eigenvalue weighted by Gasteiger charge is 2.30. The Bertz CT molecular complexity index is 2020. The minimum absolute atomic E-state index is 0.0138. The molecule has 6 rings (SSSR count). The topological polar surface area (TPSA) is 69.2 Å². The van der Waals surface area contributed by atoms with Gasteiger partial charge >= 0.3 is 6.18 Å². The molecule has 0 atom stereocenters. The summed E-state index contributed by atoms with van der Waals surface area (Å²) < 4.78 is 39.2.